The van der Waals surface area contributed by atoms with Crippen LogP contribution in [-0.4, -0.2) is 10.2 Å². The summed E-state index contributed by atoms with van der Waals surface area (Å²) in [6.45, 7) is 0. The molecule has 0 aliphatic heterocycles. The van der Waals surface area contributed by atoms with Crippen LogP contribution >= 0.6 is 0 Å². The molecule has 0 amide bonds. The van der Waals surface area contributed by atoms with E-state index >= 15 is 0 Å². The number of nitrogens with one attached hydrogen (secondary N) is 1. The predicted molar refractivity (Wildman–Crippen MR) is 35.7 cm³/mol. The van der Waals surface area contributed by atoms with E-state index in [2.05, 4.69) is 22.0 Å². The van der Waals surface area contributed by atoms with Crippen molar-refractivity contribution in [1.29, 1.82) is 5.26 Å². The number of rotatable bonds is 0. The Morgan fingerprint density at radius 1 is 1.70 bits per heavy atom. The fraction of sp³-hybridized carbons (Fsp3) is 0.143. The molecule has 0 radical (unpaired) electrons. The van der Waals surface area contributed by atoms with Crippen LogP contribution in [0.3, 0.4) is 0 Å². The van der Waals surface area contributed by atoms with E-state index in [-0.39, 0.29) is 6.42 Å². The Morgan fingerprint density at radius 3 is 3.20 bits per heavy atom. The van der Waals surface area contributed by atoms with E-state index in [1.165, 1.54) is 0 Å². The third-order valence-electron chi connectivity index (χ3n) is 0.891. The topological polar surface area (TPSA) is 52.5 Å². The largest absolute Gasteiger partial charge is 0.270 e. The Morgan fingerprint density at radius 2 is 2.60 bits per heavy atom. The fourth-order valence-electron chi connectivity index (χ4n) is 0.504. The second-order valence-electron chi connectivity index (χ2n) is 1.61. The van der Waals surface area contributed by atoms with Crippen molar-refractivity contribution in [3.8, 4) is 17.9 Å². The minimum Gasteiger partial charge on any atom is -0.270 e. The number of hydrogen-bond donors (Lipinski definition) is 1. The SMILES string of the molecule is N#CCC#Cc1ccn[nH]1. The molecule has 0 spiro atoms. The molecule has 0 saturated heterocycles. The van der Waals surface area contributed by atoms with Crippen LogP contribution in [0.2, 0.25) is 0 Å². The highest BCUT2D eigenvalue weighted by atomic mass is 15.1. The van der Waals surface area contributed by atoms with E-state index in [4.69, 9.17) is 5.26 Å². The minimum atomic E-state index is 0.263. The minimum absolute atomic E-state index is 0.263. The van der Waals surface area contributed by atoms with Crippen molar-refractivity contribution in [2.45, 2.75) is 6.42 Å². The Labute approximate surface area is 58.7 Å². The first-order valence-electron chi connectivity index (χ1n) is 2.78. The van der Waals surface area contributed by atoms with Crippen molar-refractivity contribution in [3.63, 3.8) is 0 Å². The van der Waals surface area contributed by atoms with Crippen LogP contribution in [0.4, 0.5) is 0 Å². The lowest BCUT2D eigenvalue weighted by molar-refractivity contribution is 1.08. The van der Waals surface area contributed by atoms with Gasteiger partial charge in [-0.15, -0.1) is 0 Å². The van der Waals surface area contributed by atoms with Crippen molar-refractivity contribution < 1.29 is 0 Å². The highest BCUT2D eigenvalue weighted by Gasteiger charge is 1.81. The number of H-pyrrole nitrogens is 1. The van der Waals surface area contributed by atoms with E-state index in [9.17, 15) is 0 Å². The van der Waals surface area contributed by atoms with Gasteiger partial charge in [-0.05, 0) is 12.0 Å². The molecule has 3 nitrogen and oxygen atoms in total. The Balaban J connectivity index is 2.59. The van der Waals surface area contributed by atoms with Crippen LogP contribution in [0.15, 0.2) is 12.3 Å². The maximum absolute atomic E-state index is 8.12. The summed E-state index contributed by atoms with van der Waals surface area (Å²) in [5.74, 6) is 5.39. The van der Waals surface area contributed by atoms with Crippen LogP contribution in [0.5, 0.6) is 0 Å². The fourth-order valence-corrected chi connectivity index (χ4v) is 0.504. The van der Waals surface area contributed by atoms with Gasteiger partial charge in [0.25, 0.3) is 0 Å². The van der Waals surface area contributed by atoms with Gasteiger partial charge in [0, 0.05) is 6.20 Å². The molecule has 0 fully saturated rings. The van der Waals surface area contributed by atoms with Crippen molar-refractivity contribution >= 4 is 0 Å². The summed E-state index contributed by atoms with van der Waals surface area (Å²) in [5, 5.41) is 14.5. The van der Waals surface area contributed by atoms with Gasteiger partial charge in [0.15, 0.2) is 0 Å². The number of hydrogen-bond acceptors (Lipinski definition) is 2. The number of aromatic amines is 1. The van der Waals surface area contributed by atoms with Crippen LogP contribution in [0.25, 0.3) is 0 Å². The highest BCUT2D eigenvalue weighted by Crippen LogP contribution is 1.86. The van der Waals surface area contributed by atoms with E-state index in [0.29, 0.717) is 0 Å². The van der Waals surface area contributed by atoms with Gasteiger partial charge in [-0.1, -0.05) is 5.92 Å². The van der Waals surface area contributed by atoms with Gasteiger partial charge in [0.1, 0.15) is 5.69 Å². The molecule has 1 aromatic heterocycles. The van der Waals surface area contributed by atoms with E-state index in [1.54, 1.807) is 12.3 Å². The standard InChI is InChI=1S/C7H5N3/c8-5-2-1-3-7-4-6-9-10-7/h4,6H,2H2,(H,9,10). The second-order valence-corrected chi connectivity index (χ2v) is 1.61. The number of nitriles is 1. The first-order valence-corrected chi connectivity index (χ1v) is 2.78. The zero-order chi connectivity index (χ0) is 7.23. The van der Waals surface area contributed by atoms with Crippen molar-refractivity contribution in [1.82, 2.24) is 10.2 Å². The molecule has 0 unspecified atom stereocenters. The normalized spacial score (nSPS) is 7.50. The van der Waals surface area contributed by atoms with Gasteiger partial charge in [0.2, 0.25) is 0 Å². The first kappa shape index (κ1) is 6.38. The highest BCUT2D eigenvalue weighted by molar-refractivity contribution is 5.26. The molecule has 48 valence electrons. The zero-order valence-corrected chi connectivity index (χ0v) is 5.26. The summed E-state index contributed by atoms with van der Waals surface area (Å²) in [6, 6.07) is 3.68. The number of aromatic nitrogens is 2. The van der Waals surface area contributed by atoms with E-state index in [1.807, 2.05) is 6.07 Å². The van der Waals surface area contributed by atoms with Crippen LogP contribution in [0.1, 0.15) is 12.1 Å². The lowest BCUT2D eigenvalue weighted by atomic mass is 10.4. The molecule has 1 heterocycles. The van der Waals surface area contributed by atoms with E-state index < -0.39 is 0 Å². The maximum atomic E-state index is 8.12. The van der Waals surface area contributed by atoms with Gasteiger partial charge in [0.05, 0.1) is 12.5 Å². The molecule has 1 rings (SSSR count). The Bertz CT molecular complexity index is 281. The molecule has 10 heavy (non-hydrogen) atoms. The average molecular weight is 131 g/mol. The maximum Gasteiger partial charge on any atom is 0.107 e. The zero-order valence-electron chi connectivity index (χ0n) is 5.26. The molecular weight excluding hydrogens is 126 g/mol. The molecular formula is C7H5N3. The molecule has 0 atom stereocenters. The molecule has 0 bridgehead atoms. The average Bonchev–Trinajstić information content (AvgIpc) is 2.41. The van der Waals surface area contributed by atoms with Gasteiger partial charge in [-0.3, -0.25) is 5.10 Å². The van der Waals surface area contributed by atoms with Crippen LogP contribution < -0.4 is 0 Å². The summed E-state index contributed by atoms with van der Waals surface area (Å²) < 4.78 is 0. The molecule has 1 aromatic rings. The van der Waals surface area contributed by atoms with Gasteiger partial charge >= 0.3 is 0 Å². The summed E-state index contributed by atoms with van der Waals surface area (Å²) in [7, 11) is 0. The van der Waals surface area contributed by atoms with Crippen LogP contribution in [0, 0.1) is 23.2 Å². The molecule has 0 saturated carbocycles. The summed E-state index contributed by atoms with van der Waals surface area (Å²) in [5.41, 5.74) is 0.746. The van der Waals surface area contributed by atoms with Crippen molar-refractivity contribution in [2.24, 2.45) is 0 Å². The Hall–Kier alpha value is -1.74. The predicted octanol–water partition coefficient (Wildman–Crippen LogP) is 0.675. The first-order chi connectivity index (χ1) is 4.93. The second kappa shape index (κ2) is 3.32. The summed E-state index contributed by atoms with van der Waals surface area (Å²) in [4.78, 5) is 0. The lowest BCUT2D eigenvalue weighted by Gasteiger charge is -1.72. The van der Waals surface area contributed by atoms with Crippen molar-refractivity contribution in [3.05, 3.63) is 18.0 Å². The van der Waals surface area contributed by atoms with Crippen molar-refractivity contribution in [2.75, 3.05) is 0 Å². The molecule has 3 heteroatoms. The molecule has 0 aliphatic rings. The third-order valence-corrected chi connectivity index (χ3v) is 0.891. The van der Waals surface area contributed by atoms with Crippen LogP contribution in [-0.2, 0) is 0 Å². The van der Waals surface area contributed by atoms with Gasteiger partial charge in [-0.2, -0.15) is 10.4 Å². The quantitative estimate of drug-likeness (QED) is 0.526. The van der Waals surface area contributed by atoms with Gasteiger partial charge < -0.3 is 0 Å². The van der Waals surface area contributed by atoms with E-state index in [0.717, 1.165) is 5.69 Å². The molecule has 1 N–H and O–H groups in total. The molecule has 0 aromatic carbocycles. The summed E-state index contributed by atoms with van der Waals surface area (Å²) >= 11 is 0. The molecule has 0 aliphatic carbocycles. The third kappa shape index (κ3) is 1.65. The number of nitrogens with zero attached hydrogens (tertiary/aromatic N) is 2. The van der Waals surface area contributed by atoms with Gasteiger partial charge in [-0.25, -0.2) is 0 Å². The Kier molecular flexibility index (Phi) is 2.12. The monoisotopic (exact) mass is 131 g/mol. The summed E-state index contributed by atoms with van der Waals surface area (Å²) in [6.07, 6.45) is 1.88. The smallest absolute Gasteiger partial charge is 0.107 e. The lowest BCUT2D eigenvalue weighted by Crippen LogP contribution is -1.71.